The number of carbonyl (C=O) groups excluding carboxylic acids is 1. The van der Waals surface area contributed by atoms with Crippen LogP contribution in [0.25, 0.3) is 0 Å². The number of aryl methyl sites for hydroxylation is 2. The molecule has 1 aliphatic heterocycles. The molecule has 24 heavy (non-hydrogen) atoms. The summed E-state index contributed by atoms with van der Waals surface area (Å²) in [5, 5.41) is 11.1. The van der Waals surface area contributed by atoms with E-state index in [2.05, 4.69) is 15.5 Å². The van der Waals surface area contributed by atoms with E-state index in [1.807, 2.05) is 11.5 Å². The van der Waals surface area contributed by atoms with Gasteiger partial charge in [0.25, 0.3) is 0 Å². The average Bonchev–Trinajstić information content (AvgIpc) is 2.96. The van der Waals surface area contributed by atoms with Gasteiger partial charge in [0.15, 0.2) is 0 Å². The second kappa shape index (κ2) is 6.72. The summed E-state index contributed by atoms with van der Waals surface area (Å²) in [6.45, 7) is 2.52. The van der Waals surface area contributed by atoms with Crippen LogP contribution in [0, 0.1) is 11.8 Å². The lowest BCUT2D eigenvalue weighted by atomic mass is 9.78. The number of hydrogen-bond acceptors (Lipinski definition) is 3. The number of aromatic nitrogens is 3. The molecular formula is C16H23F3N4O. The lowest BCUT2D eigenvalue weighted by molar-refractivity contribution is -0.198. The van der Waals surface area contributed by atoms with Gasteiger partial charge < -0.3 is 9.88 Å². The summed E-state index contributed by atoms with van der Waals surface area (Å²) in [5.41, 5.74) is 0. The molecule has 0 spiro atoms. The van der Waals surface area contributed by atoms with E-state index in [4.69, 9.17) is 0 Å². The maximum atomic E-state index is 13.2. The molecule has 0 saturated heterocycles. The third kappa shape index (κ3) is 3.42. The van der Waals surface area contributed by atoms with Crippen molar-refractivity contribution in [3.05, 3.63) is 11.6 Å². The number of fused-ring (bicyclic) bond motifs is 1. The van der Waals surface area contributed by atoms with Crippen LogP contribution < -0.4 is 5.32 Å². The summed E-state index contributed by atoms with van der Waals surface area (Å²) in [7, 11) is 0. The smallest absolute Gasteiger partial charge is 0.351 e. The Kier molecular flexibility index (Phi) is 4.83. The first-order valence-corrected chi connectivity index (χ1v) is 8.68. The van der Waals surface area contributed by atoms with Crippen LogP contribution in [0.3, 0.4) is 0 Å². The van der Waals surface area contributed by atoms with E-state index in [9.17, 15) is 18.0 Å². The van der Waals surface area contributed by atoms with E-state index < -0.39 is 23.9 Å². The summed E-state index contributed by atoms with van der Waals surface area (Å²) < 4.78 is 41.5. The predicted molar refractivity (Wildman–Crippen MR) is 81.2 cm³/mol. The van der Waals surface area contributed by atoms with Crippen molar-refractivity contribution in [2.24, 2.45) is 11.8 Å². The van der Waals surface area contributed by atoms with Crippen molar-refractivity contribution in [2.45, 2.75) is 70.6 Å². The maximum Gasteiger partial charge on any atom is 0.392 e. The van der Waals surface area contributed by atoms with Gasteiger partial charge in [-0.1, -0.05) is 19.8 Å². The van der Waals surface area contributed by atoms with Crippen molar-refractivity contribution >= 4 is 5.91 Å². The molecule has 0 bridgehead atoms. The van der Waals surface area contributed by atoms with Gasteiger partial charge in [-0.2, -0.15) is 13.2 Å². The SMILES string of the molecule is CCc1nnc2n1C[C@H](NC(=O)[C@@H]1CCCC[C@H]1C(F)(F)F)CC2. The molecule has 5 nitrogen and oxygen atoms in total. The van der Waals surface area contributed by atoms with Crippen LogP contribution in [-0.2, 0) is 24.2 Å². The molecule has 2 aliphatic rings. The summed E-state index contributed by atoms with van der Waals surface area (Å²) in [5.74, 6) is -1.16. The topological polar surface area (TPSA) is 59.8 Å². The summed E-state index contributed by atoms with van der Waals surface area (Å²) >= 11 is 0. The third-order valence-electron chi connectivity index (χ3n) is 5.21. The van der Waals surface area contributed by atoms with Crippen LogP contribution in [0.2, 0.25) is 0 Å². The highest BCUT2D eigenvalue weighted by Crippen LogP contribution is 2.41. The Morgan fingerprint density at radius 2 is 2.00 bits per heavy atom. The van der Waals surface area contributed by atoms with E-state index in [0.717, 1.165) is 18.1 Å². The zero-order valence-electron chi connectivity index (χ0n) is 13.8. The highest BCUT2D eigenvalue weighted by Gasteiger charge is 2.48. The Bertz CT molecular complexity index is 585. The van der Waals surface area contributed by atoms with Gasteiger partial charge in [0, 0.05) is 31.3 Å². The Balaban J connectivity index is 1.66. The van der Waals surface area contributed by atoms with Gasteiger partial charge >= 0.3 is 6.18 Å². The summed E-state index contributed by atoms with van der Waals surface area (Å²) in [4.78, 5) is 12.5. The molecule has 0 unspecified atom stereocenters. The van der Waals surface area contributed by atoms with Gasteiger partial charge in [0.2, 0.25) is 5.91 Å². The van der Waals surface area contributed by atoms with E-state index in [0.29, 0.717) is 38.6 Å². The number of halogens is 3. The standard InChI is InChI=1S/C16H23F3N4O/c1-2-13-21-22-14-8-7-10(9-23(13)14)20-15(24)11-5-3-4-6-12(11)16(17,18)19/h10-12H,2-9H2,1H3,(H,20,24)/t10-,11-,12-/m1/s1. The van der Waals surface area contributed by atoms with Crippen LogP contribution in [0.5, 0.6) is 0 Å². The lowest BCUT2D eigenvalue weighted by Gasteiger charge is -2.34. The van der Waals surface area contributed by atoms with Crippen LogP contribution in [0.1, 0.15) is 50.7 Å². The van der Waals surface area contributed by atoms with Crippen molar-refractivity contribution in [1.29, 1.82) is 0 Å². The molecular weight excluding hydrogens is 321 g/mol. The van der Waals surface area contributed by atoms with E-state index in [1.165, 1.54) is 0 Å². The molecule has 1 amide bonds. The van der Waals surface area contributed by atoms with Gasteiger partial charge in [0.1, 0.15) is 11.6 Å². The molecule has 0 aromatic carbocycles. The fourth-order valence-electron chi connectivity index (χ4n) is 3.91. The first-order chi connectivity index (χ1) is 11.4. The zero-order valence-corrected chi connectivity index (χ0v) is 13.8. The number of amides is 1. The molecule has 3 atom stereocenters. The number of nitrogens with zero attached hydrogens (tertiary/aromatic N) is 3. The lowest BCUT2D eigenvalue weighted by Crippen LogP contribution is -2.48. The third-order valence-corrected chi connectivity index (χ3v) is 5.21. The largest absolute Gasteiger partial charge is 0.392 e. The average molecular weight is 344 g/mol. The molecule has 3 rings (SSSR count). The molecule has 2 heterocycles. The van der Waals surface area contributed by atoms with Crippen molar-refractivity contribution in [2.75, 3.05) is 0 Å². The number of carbonyl (C=O) groups is 1. The van der Waals surface area contributed by atoms with Crippen molar-refractivity contribution in [1.82, 2.24) is 20.1 Å². The monoisotopic (exact) mass is 344 g/mol. The van der Waals surface area contributed by atoms with Crippen LogP contribution in [0.4, 0.5) is 13.2 Å². The second-order valence-electron chi connectivity index (χ2n) is 6.78. The molecule has 134 valence electrons. The minimum Gasteiger partial charge on any atom is -0.351 e. The first kappa shape index (κ1) is 17.2. The van der Waals surface area contributed by atoms with Gasteiger partial charge in [-0.3, -0.25) is 4.79 Å². The molecule has 0 radical (unpaired) electrons. The number of rotatable bonds is 3. The van der Waals surface area contributed by atoms with Gasteiger partial charge in [-0.25, -0.2) is 0 Å². The maximum absolute atomic E-state index is 13.2. The van der Waals surface area contributed by atoms with E-state index in [1.54, 1.807) is 0 Å². The van der Waals surface area contributed by atoms with Gasteiger partial charge in [-0.15, -0.1) is 10.2 Å². The minimum atomic E-state index is -4.30. The minimum absolute atomic E-state index is 0.0574. The van der Waals surface area contributed by atoms with Crippen LogP contribution >= 0.6 is 0 Å². The summed E-state index contributed by atoms with van der Waals surface area (Å²) in [6.07, 6.45) is -0.574. The Morgan fingerprint density at radius 3 is 2.71 bits per heavy atom. The molecule has 1 saturated carbocycles. The normalized spacial score (nSPS) is 27.6. The number of alkyl halides is 3. The number of hydrogen-bond donors (Lipinski definition) is 1. The van der Waals surface area contributed by atoms with Gasteiger partial charge in [0.05, 0.1) is 5.92 Å². The quantitative estimate of drug-likeness (QED) is 0.917. The molecule has 1 aromatic heterocycles. The van der Waals surface area contributed by atoms with Gasteiger partial charge in [-0.05, 0) is 19.3 Å². The van der Waals surface area contributed by atoms with E-state index >= 15 is 0 Å². The van der Waals surface area contributed by atoms with E-state index in [-0.39, 0.29) is 12.5 Å². The first-order valence-electron chi connectivity index (χ1n) is 8.68. The second-order valence-corrected chi connectivity index (χ2v) is 6.78. The number of nitrogens with one attached hydrogen (secondary N) is 1. The molecule has 1 aliphatic carbocycles. The fraction of sp³-hybridized carbons (Fsp3) is 0.812. The summed E-state index contributed by atoms with van der Waals surface area (Å²) in [6, 6.07) is -0.151. The Labute approximate surface area is 139 Å². The van der Waals surface area contributed by atoms with Crippen molar-refractivity contribution in [3.63, 3.8) is 0 Å². The Morgan fingerprint density at radius 1 is 1.25 bits per heavy atom. The molecule has 8 heteroatoms. The fourth-order valence-corrected chi connectivity index (χ4v) is 3.91. The molecule has 1 N–H and O–H groups in total. The van der Waals surface area contributed by atoms with Crippen molar-refractivity contribution in [3.8, 4) is 0 Å². The van der Waals surface area contributed by atoms with Crippen molar-refractivity contribution < 1.29 is 18.0 Å². The predicted octanol–water partition coefficient (Wildman–Crippen LogP) is 2.64. The zero-order chi connectivity index (χ0) is 17.3. The van der Waals surface area contributed by atoms with Crippen LogP contribution in [-0.4, -0.2) is 32.9 Å². The molecule has 1 aromatic rings. The van der Waals surface area contributed by atoms with Crippen LogP contribution in [0.15, 0.2) is 0 Å². The Hall–Kier alpha value is -1.60. The molecule has 1 fully saturated rings. The highest BCUT2D eigenvalue weighted by atomic mass is 19.4. The highest BCUT2D eigenvalue weighted by molar-refractivity contribution is 5.79.